The molecule has 230 valence electrons. The minimum Gasteiger partial charge on any atom is -0.290 e. The number of nitrogens with zero attached hydrogens (tertiary/aromatic N) is 5. The Kier molecular flexibility index (Phi) is 8.24. The summed E-state index contributed by atoms with van der Waals surface area (Å²) in [4.78, 5) is 19.6. The van der Waals surface area contributed by atoms with Gasteiger partial charge in [-0.05, 0) is 28.3 Å². The fourth-order valence-corrected chi connectivity index (χ4v) is 5.94. The Morgan fingerprint density at radius 3 is 1.79 bits per heavy atom. The van der Waals surface area contributed by atoms with E-state index in [0.717, 1.165) is 33.5 Å². The van der Waals surface area contributed by atoms with Crippen LogP contribution in [0.25, 0.3) is 22.5 Å². The summed E-state index contributed by atoms with van der Waals surface area (Å²) in [5.74, 6) is 0.134. The predicted molar refractivity (Wildman–Crippen MR) is 188 cm³/mol. The van der Waals surface area contributed by atoms with E-state index in [-0.39, 0.29) is 11.5 Å². The van der Waals surface area contributed by atoms with Crippen molar-refractivity contribution in [2.24, 2.45) is 5.10 Å². The largest absolute Gasteiger partial charge is 0.290 e. The summed E-state index contributed by atoms with van der Waals surface area (Å²) in [6, 6.07) is 52.3. The van der Waals surface area contributed by atoms with E-state index in [0.29, 0.717) is 11.3 Å². The lowest BCUT2D eigenvalue weighted by Crippen LogP contribution is -2.38. The SMILES string of the molecule is N#Cc1c(-c2ccccc2)nc(NN=Cc2ccc(-c3ccn(C(c4ccccc4)(c4ccccc4)c4ccccc4)n3)cc2)[nH]c1=O. The highest BCUT2D eigenvalue weighted by atomic mass is 16.1. The Hall–Kier alpha value is -6.85. The van der Waals surface area contributed by atoms with Crippen molar-refractivity contribution in [1.82, 2.24) is 19.7 Å². The summed E-state index contributed by atoms with van der Waals surface area (Å²) in [6.45, 7) is 0. The molecule has 0 aliphatic heterocycles. The fraction of sp³-hybridized carbons (Fsp3) is 0.0250. The molecule has 0 amide bonds. The van der Waals surface area contributed by atoms with Crippen LogP contribution >= 0.6 is 0 Å². The number of aromatic amines is 1. The van der Waals surface area contributed by atoms with Crippen LogP contribution in [0.2, 0.25) is 0 Å². The maximum Gasteiger partial charge on any atom is 0.270 e. The third kappa shape index (κ3) is 5.68. The molecule has 0 fully saturated rings. The van der Waals surface area contributed by atoms with Gasteiger partial charge in [-0.2, -0.15) is 15.5 Å². The number of aromatic nitrogens is 4. The summed E-state index contributed by atoms with van der Waals surface area (Å²) in [7, 11) is 0. The van der Waals surface area contributed by atoms with Crippen molar-refractivity contribution in [3.8, 4) is 28.6 Å². The fourth-order valence-electron chi connectivity index (χ4n) is 5.94. The van der Waals surface area contributed by atoms with Crippen LogP contribution in [0.4, 0.5) is 5.95 Å². The molecular weight excluding hydrogens is 594 g/mol. The molecule has 0 aliphatic rings. The van der Waals surface area contributed by atoms with E-state index in [9.17, 15) is 10.1 Å². The molecule has 2 heterocycles. The zero-order valence-electron chi connectivity index (χ0n) is 25.7. The first-order valence-corrected chi connectivity index (χ1v) is 15.4. The molecule has 0 radical (unpaired) electrons. The van der Waals surface area contributed by atoms with Crippen molar-refractivity contribution in [3.63, 3.8) is 0 Å². The Morgan fingerprint density at radius 2 is 1.25 bits per heavy atom. The van der Waals surface area contributed by atoms with Gasteiger partial charge >= 0.3 is 0 Å². The first-order chi connectivity index (χ1) is 23.7. The zero-order valence-corrected chi connectivity index (χ0v) is 25.7. The van der Waals surface area contributed by atoms with Crippen molar-refractivity contribution >= 4 is 12.2 Å². The average molecular weight is 624 g/mol. The Labute approximate surface area is 277 Å². The van der Waals surface area contributed by atoms with Crippen LogP contribution in [-0.2, 0) is 5.54 Å². The van der Waals surface area contributed by atoms with Crippen LogP contribution in [0, 0.1) is 11.3 Å². The molecule has 8 heteroatoms. The third-order valence-electron chi connectivity index (χ3n) is 8.18. The van der Waals surface area contributed by atoms with Crippen LogP contribution < -0.4 is 11.0 Å². The lowest BCUT2D eigenvalue weighted by atomic mass is 9.77. The van der Waals surface area contributed by atoms with E-state index in [1.54, 1.807) is 18.3 Å². The van der Waals surface area contributed by atoms with E-state index < -0.39 is 11.1 Å². The normalized spacial score (nSPS) is 11.3. The lowest BCUT2D eigenvalue weighted by Gasteiger charge is -2.36. The van der Waals surface area contributed by atoms with E-state index in [4.69, 9.17) is 5.10 Å². The summed E-state index contributed by atoms with van der Waals surface area (Å²) in [5.41, 5.74) is 8.38. The maximum absolute atomic E-state index is 12.6. The number of nitrogens with one attached hydrogen (secondary N) is 2. The predicted octanol–water partition coefficient (Wildman–Crippen LogP) is 7.46. The zero-order chi connectivity index (χ0) is 32.8. The quantitative estimate of drug-likeness (QED) is 0.0985. The number of hydrogen-bond acceptors (Lipinski definition) is 6. The van der Waals surface area contributed by atoms with Crippen molar-refractivity contribution < 1.29 is 0 Å². The van der Waals surface area contributed by atoms with Crippen molar-refractivity contribution in [3.05, 3.63) is 196 Å². The number of hydrogen-bond donors (Lipinski definition) is 2. The first-order valence-electron chi connectivity index (χ1n) is 15.4. The topological polar surface area (TPSA) is 112 Å². The highest BCUT2D eigenvalue weighted by molar-refractivity contribution is 5.81. The van der Waals surface area contributed by atoms with E-state index >= 15 is 0 Å². The average Bonchev–Trinajstić information content (AvgIpc) is 3.64. The van der Waals surface area contributed by atoms with Crippen molar-refractivity contribution in [2.75, 3.05) is 5.43 Å². The van der Waals surface area contributed by atoms with E-state index in [1.807, 2.05) is 79.0 Å². The van der Waals surface area contributed by atoms with Crippen molar-refractivity contribution in [1.29, 1.82) is 5.26 Å². The standard InChI is InChI=1S/C40H29N7O/c41-27-35-37(31-13-5-1-6-14-31)43-39(44-38(35)48)45-42-28-29-21-23-30(24-22-29)36-25-26-47(46-36)40(32-15-7-2-8-16-32,33-17-9-3-10-18-33)34-19-11-4-12-20-34/h1-26,28H,(H2,43,44,45,48). The molecule has 0 atom stereocenters. The smallest absolute Gasteiger partial charge is 0.270 e. The molecule has 0 aliphatic carbocycles. The van der Waals surface area contributed by atoms with Gasteiger partial charge in [-0.3, -0.25) is 14.5 Å². The van der Waals surface area contributed by atoms with Crippen LogP contribution in [0.5, 0.6) is 0 Å². The van der Waals surface area contributed by atoms with Gasteiger partial charge < -0.3 is 0 Å². The molecule has 0 unspecified atom stereocenters. The molecule has 0 saturated heterocycles. The van der Waals surface area contributed by atoms with Crippen LogP contribution in [0.15, 0.2) is 168 Å². The molecule has 0 spiro atoms. The molecule has 2 aromatic heterocycles. The van der Waals surface area contributed by atoms with Gasteiger partial charge in [0.2, 0.25) is 5.95 Å². The molecule has 7 aromatic rings. The first kappa shape index (κ1) is 29.8. The summed E-state index contributed by atoms with van der Waals surface area (Å²) >= 11 is 0. The molecular formula is C40H29N7O. The summed E-state index contributed by atoms with van der Waals surface area (Å²) in [5, 5.41) is 19.0. The maximum atomic E-state index is 12.6. The van der Waals surface area contributed by atoms with Crippen LogP contribution in [-0.4, -0.2) is 26.0 Å². The molecule has 8 nitrogen and oxygen atoms in total. The van der Waals surface area contributed by atoms with Gasteiger partial charge in [0, 0.05) is 17.3 Å². The highest BCUT2D eigenvalue weighted by Gasteiger charge is 2.39. The van der Waals surface area contributed by atoms with Crippen LogP contribution in [0.3, 0.4) is 0 Å². The number of benzene rings is 5. The van der Waals surface area contributed by atoms with E-state index in [1.165, 1.54) is 0 Å². The third-order valence-corrected chi connectivity index (χ3v) is 8.18. The Bertz CT molecular complexity index is 2180. The monoisotopic (exact) mass is 623 g/mol. The van der Waals surface area contributed by atoms with E-state index in [2.05, 4.69) is 98.0 Å². The number of hydrazone groups is 1. The van der Waals surface area contributed by atoms with Gasteiger partial charge in [0.05, 0.1) is 17.6 Å². The van der Waals surface area contributed by atoms with Gasteiger partial charge in [0.25, 0.3) is 5.56 Å². The minimum atomic E-state index is -0.693. The van der Waals surface area contributed by atoms with Gasteiger partial charge in [-0.1, -0.05) is 146 Å². The number of rotatable bonds is 9. The van der Waals surface area contributed by atoms with Crippen LogP contribution in [0.1, 0.15) is 27.8 Å². The summed E-state index contributed by atoms with van der Waals surface area (Å²) < 4.78 is 2.05. The second-order valence-electron chi connectivity index (χ2n) is 11.1. The van der Waals surface area contributed by atoms with Crippen molar-refractivity contribution in [2.45, 2.75) is 5.54 Å². The van der Waals surface area contributed by atoms with Gasteiger partial charge in [-0.25, -0.2) is 10.4 Å². The Balaban J connectivity index is 1.18. The lowest BCUT2D eigenvalue weighted by molar-refractivity contribution is 0.461. The summed E-state index contributed by atoms with van der Waals surface area (Å²) in [6.07, 6.45) is 3.67. The molecule has 0 saturated carbocycles. The van der Waals surface area contributed by atoms with Gasteiger partial charge in [0.1, 0.15) is 17.2 Å². The second-order valence-corrected chi connectivity index (χ2v) is 11.1. The molecule has 48 heavy (non-hydrogen) atoms. The highest BCUT2D eigenvalue weighted by Crippen LogP contribution is 2.40. The number of anilines is 1. The number of nitriles is 1. The Morgan fingerprint density at radius 1 is 0.708 bits per heavy atom. The molecule has 2 N–H and O–H groups in total. The molecule has 7 rings (SSSR count). The molecule has 0 bridgehead atoms. The second kappa shape index (κ2) is 13.3. The molecule has 5 aromatic carbocycles. The minimum absolute atomic E-state index is 0.0534. The number of H-pyrrole nitrogens is 1. The van der Waals surface area contributed by atoms with Gasteiger partial charge in [-0.15, -0.1) is 0 Å². The van der Waals surface area contributed by atoms with Gasteiger partial charge in [0.15, 0.2) is 0 Å².